The molecule has 1 aromatic carbocycles. The first kappa shape index (κ1) is 19.2. The fourth-order valence-corrected chi connectivity index (χ4v) is 4.51. The van der Waals surface area contributed by atoms with E-state index in [0.717, 1.165) is 25.7 Å². The van der Waals surface area contributed by atoms with Crippen molar-refractivity contribution in [2.24, 2.45) is 0 Å². The maximum absolute atomic E-state index is 13.0. The normalized spacial score (nSPS) is 15.9. The molecular weight excluding hydrogens is 372 g/mol. The molecule has 2 aromatic rings. The van der Waals surface area contributed by atoms with Crippen LogP contribution in [0.3, 0.4) is 0 Å². The van der Waals surface area contributed by atoms with Gasteiger partial charge < -0.3 is 10.1 Å². The standard InChI is InChI=1S/C16H22N6O4S/c1-26-15-7-6-13(27(24,25)22-8-4-2-3-5-9-22)10-14(15)18-16(23)11-21-12-17-19-20-21/h6-7,10,12H,2-5,8-9,11H2,1H3,(H,18,23). The summed E-state index contributed by atoms with van der Waals surface area (Å²) in [7, 11) is -2.18. The molecule has 0 unspecified atom stereocenters. The first-order chi connectivity index (χ1) is 13.0. The minimum absolute atomic E-state index is 0.0980. The van der Waals surface area contributed by atoms with E-state index in [9.17, 15) is 13.2 Å². The Kier molecular flexibility index (Phi) is 6.01. The molecule has 0 bridgehead atoms. The summed E-state index contributed by atoms with van der Waals surface area (Å²) < 4.78 is 34.0. The van der Waals surface area contributed by atoms with Crippen molar-refractivity contribution in [1.29, 1.82) is 0 Å². The number of anilines is 1. The van der Waals surface area contributed by atoms with E-state index in [4.69, 9.17) is 4.74 Å². The predicted octanol–water partition coefficient (Wildman–Crippen LogP) is 0.885. The van der Waals surface area contributed by atoms with E-state index in [0.29, 0.717) is 18.8 Å². The highest BCUT2D eigenvalue weighted by atomic mass is 32.2. The molecule has 0 saturated carbocycles. The number of ether oxygens (including phenoxy) is 1. The number of carbonyl (C=O) groups is 1. The SMILES string of the molecule is COc1ccc(S(=O)(=O)N2CCCCCC2)cc1NC(=O)Cn1cnnn1. The van der Waals surface area contributed by atoms with Crippen molar-refractivity contribution in [1.82, 2.24) is 24.5 Å². The van der Waals surface area contributed by atoms with Gasteiger partial charge in [-0.3, -0.25) is 4.79 Å². The molecule has 1 fully saturated rings. The molecule has 1 amide bonds. The van der Waals surface area contributed by atoms with Gasteiger partial charge in [0, 0.05) is 13.1 Å². The number of rotatable bonds is 6. The number of hydrogen-bond acceptors (Lipinski definition) is 7. The summed E-state index contributed by atoms with van der Waals surface area (Å²) in [6, 6.07) is 4.46. The second kappa shape index (κ2) is 8.44. The summed E-state index contributed by atoms with van der Waals surface area (Å²) >= 11 is 0. The van der Waals surface area contributed by atoms with E-state index in [1.807, 2.05) is 0 Å². The van der Waals surface area contributed by atoms with Gasteiger partial charge in [-0.2, -0.15) is 4.31 Å². The lowest BCUT2D eigenvalue weighted by Gasteiger charge is -2.21. The van der Waals surface area contributed by atoms with Gasteiger partial charge in [0.25, 0.3) is 0 Å². The van der Waals surface area contributed by atoms with Crippen LogP contribution in [0.25, 0.3) is 0 Å². The number of nitrogens with zero attached hydrogens (tertiary/aromatic N) is 5. The van der Waals surface area contributed by atoms with Crippen molar-refractivity contribution in [3.63, 3.8) is 0 Å². The Hall–Kier alpha value is -2.53. The molecule has 11 heteroatoms. The summed E-state index contributed by atoms with van der Waals surface area (Å²) in [5.74, 6) is -0.0280. The smallest absolute Gasteiger partial charge is 0.246 e. The van der Waals surface area contributed by atoms with Gasteiger partial charge in [0.05, 0.1) is 17.7 Å². The largest absolute Gasteiger partial charge is 0.495 e. The third-order valence-electron chi connectivity index (χ3n) is 4.34. The molecule has 3 rings (SSSR count). The summed E-state index contributed by atoms with van der Waals surface area (Å²) in [4.78, 5) is 12.3. The minimum atomic E-state index is -3.63. The summed E-state index contributed by atoms with van der Waals surface area (Å²) in [6.45, 7) is 0.921. The van der Waals surface area contributed by atoms with Crippen molar-refractivity contribution in [2.75, 3.05) is 25.5 Å². The second-order valence-electron chi connectivity index (χ2n) is 6.24. The second-order valence-corrected chi connectivity index (χ2v) is 8.17. The van der Waals surface area contributed by atoms with Crippen LogP contribution in [0.5, 0.6) is 5.75 Å². The van der Waals surface area contributed by atoms with Crippen molar-refractivity contribution in [2.45, 2.75) is 37.1 Å². The first-order valence-corrected chi connectivity index (χ1v) is 10.1. The molecule has 27 heavy (non-hydrogen) atoms. The van der Waals surface area contributed by atoms with Crippen molar-refractivity contribution < 1.29 is 17.9 Å². The number of nitrogens with one attached hydrogen (secondary N) is 1. The fraction of sp³-hybridized carbons (Fsp3) is 0.500. The fourth-order valence-electron chi connectivity index (χ4n) is 2.97. The van der Waals surface area contributed by atoms with Gasteiger partial charge >= 0.3 is 0 Å². The maximum Gasteiger partial charge on any atom is 0.246 e. The Morgan fingerprint density at radius 1 is 1.22 bits per heavy atom. The molecule has 0 radical (unpaired) electrons. The zero-order chi connectivity index (χ0) is 19.3. The van der Waals surface area contributed by atoms with Crippen LogP contribution in [0.2, 0.25) is 0 Å². The summed E-state index contributed by atoms with van der Waals surface area (Å²) in [6.07, 6.45) is 5.09. The van der Waals surface area contributed by atoms with Gasteiger partial charge in [0.15, 0.2) is 0 Å². The quantitative estimate of drug-likeness (QED) is 0.772. The average Bonchev–Trinajstić information content (AvgIpc) is 2.99. The Bertz CT molecular complexity index is 876. The van der Waals surface area contributed by atoms with E-state index in [2.05, 4.69) is 20.8 Å². The number of carbonyl (C=O) groups excluding carboxylic acids is 1. The van der Waals surface area contributed by atoms with Crippen molar-refractivity contribution in [3.05, 3.63) is 24.5 Å². The molecule has 1 saturated heterocycles. The van der Waals surface area contributed by atoms with Gasteiger partial charge in [-0.1, -0.05) is 12.8 Å². The molecule has 1 aromatic heterocycles. The summed E-state index contributed by atoms with van der Waals surface area (Å²) in [5, 5.41) is 13.2. The lowest BCUT2D eigenvalue weighted by Crippen LogP contribution is -2.32. The molecule has 0 spiro atoms. The van der Waals surface area contributed by atoms with Gasteiger partial charge in [-0.05, 0) is 41.5 Å². The Balaban J connectivity index is 1.82. The highest BCUT2D eigenvalue weighted by Gasteiger charge is 2.26. The van der Waals surface area contributed by atoms with Gasteiger partial charge in [0.2, 0.25) is 15.9 Å². The monoisotopic (exact) mass is 394 g/mol. The average molecular weight is 394 g/mol. The van der Waals surface area contributed by atoms with Crippen LogP contribution in [0.4, 0.5) is 5.69 Å². The van der Waals surface area contributed by atoms with E-state index in [1.54, 1.807) is 0 Å². The lowest BCUT2D eigenvalue weighted by atomic mass is 10.2. The van der Waals surface area contributed by atoms with Gasteiger partial charge in [-0.25, -0.2) is 13.1 Å². The van der Waals surface area contributed by atoms with Crippen LogP contribution in [-0.4, -0.2) is 59.0 Å². The molecule has 146 valence electrons. The minimum Gasteiger partial charge on any atom is -0.495 e. The van der Waals surface area contributed by atoms with Gasteiger partial charge in [-0.15, -0.1) is 5.10 Å². The van der Waals surface area contributed by atoms with Crippen LogP contribution < -0.4 is 10.1 Å². The molecule has 10 nitrogen and oxygen atoms in total. The third-order valence-corrected chi connectivity index (χ3v) is 6.24. The van der Waals surface area contributed by atoms with Crippen molar-refractivity contribution in [3.8, 4) is 5.75 Å². The Morgan fingerprint density at radius 3 is 2.59 bits per heavy atom. The molecule has 1 aliphatic rings. The van der Waals surface area contributed by atoms with E-state index < -0.39 is 15.9 Å². The van der Waals surface area contributed by atoms with E-state index >= 15 is 0 Å². The van der Waals surface area contributed by atoms with Crippen LogP contribution in [0, 0.1) is 0 Å². The number of aromatic nitrogens is 4. The number of tetrazole rings is 1. The van der Waals surface area contributed by atoms with Gasteiger partial charge in [0.1, 0.15) is 18.6 Å². The molecule has 1 aliphatic heterocycles. The Morgan fingerprint density at radius 2 is 1.96 bits per heavy atom. The zero-order valence-electron chi connectivity index (χ0n) is 15.0. The highest BCUT2D eigenvalue weighted by Crippen LogP contribution is 2.29. The topological polar surface area (TPSA) is 119 Å². The van der Waals surface area contributed by atoms with E-state index in [-0.39, 0.29) is 17.1 Å². The zero-order valence-corrected chi connectivity index (χ0v) is 15.9. The molecule has 1 N–H and O–H groups in total. The molecule has 0 atom stereocenters. The van der Waals surface area contributed by atoms with E-state index in [1.165, 1.54) is 40.6 Å². The number of methoxy groups -OCH3 is 1. The number of benzene rings is 1. The van der Waals surface area contributed by atoms with Crippen LogP contribution in [0.1, 0.15) is 25.7 Å². The first-order valence-electron chi connectivity index (χ1n) is 8.69. The number of amides is 1. The molecular formula is C16H22N6O4S. The van der Waals surface area contributed by atoms with Crippen molar-refractivity contribution >= 4 is 21.6 Å². The van der Waals surface area contributed by atoms with Crippen LogP contribution >= 0.6 is 0 Å². The molecule has 2 heterocycles. The lowest BCUT2D eigenvalue weighted by molar-refractivity contribution is -0.116. The molecule has 0 aliphatic carbocycles. The van der Waals surface area contributed by atoms with Crippen LogP contribution in [-0.2, 0) is 21.4 Å². The summed E-state index contributed by atoms with van der Waals surface area (Å²) in [5.41, 5.74) is 0.284. The van der Waals surface area contributed by atoms with Crippen LogP contribution in [0.15, 0.2) is 29.4 Å². The third kappa shape index (κ3) is 4.61. The maximum atomic E-state index is 13.0. The number of sulfonamides is 1. The Labute approximate surface area is 157 Å². The highest BCUT2D eigenvalue weighted by molar-refractivity contribution is 7.89. The predicted molar refractivity (Wildman–Crippen MR) is 96.7 cm³/mol. The number of hydrogen-bond donors (Lipinski definition) is 1.